The molecule has 30 heavy (non-hydrogen) atoms. The SMILES string of the molecule is CC(C)N(C)C(=O)c1ccc(CNC(=O)[C@H]2CCCN2S(=O)(=O)c2cccs2)cc1. The Morgan fingerprint density at radius 1 is 1.23 bits per heavy atom. The molecule has 1 saturated heterocycles. The van der Waals surface area contributed by atoms with Crippen molar-refractivity contribution in [3.05, 3.63) is 52.9 Å². The molecule has 0 radical (unpaired) electrons. The van der Waals surface area contributed by atoms with Crippen molar-refractivity contribution in [1.29, 1.82) is 0 Å². The molecule has 162 valence electrons. The van der Waals surface area contributed by atoms with Crippen LogP contribution >= 0.6 is 11.3 Å². The van der Waals surface area contributed by atoms with Gasteiger partial charge in [-0.1, -0.05) is 18.2 Å². The lowest BCUT2D eigenvalue weighted by molar-refractivity contribution is -0.124. The number of hydrogen-bond acceptors (Lipinski definition) is 5. The van der Waals surface area contributed by atoms with Gasteiger partial charge in [-0.05, 0) is 55.8 Å². The minimum Gasteiger partial charge on any atom is -0.351 e. The Balaban J connectivity index is 1.62. The molecule has 0 aliphatic carbocycles. The van der Waals surface area contributed by atoms with E-state index in [4.69, 9.17) is 0 Å². The Kier molecular flexibility index (Phi) is 6.95. The summed E-state index contributed by atoms with van der Waals surface area (Å²) in [5, 5.41) is 4.55. The Labute approximate surface area is 181 Å². The van der Waals surface area contributed by atoms with Crippen LogP contribution in [0.25, 0.3) is 0 Å². The van der Waals surface area contributed by atoms with Crippen molar-refractivity contribution in [1.82, 2.24) is 14.5 Å². The molecule has 0 unspecified atom stereocenters. The quantitative estimate of drug-likeness (QED) is 0.704. The molecule has 9 heteroatoms. The maximum absolute atomic E-state index is 12.8. The molecule has 0 bridgehead atoms. The largest absolute Gasteiger partial charge is 0.351 e. The van der Waals surface area contributed by atoms with Crippen LogP contribution in [0.15, 0.2) is 46.0 Å². The highest BCUT2D eigenvalue weighted by atomic mass is 32.2. The predicted molar refractivity (Wildman–Crippen MR) is 117 cm³/mol. The summed E-state index contributed by atoms with van der Waals surface area (Å²) < 4.78 is 27.2. The second-order valence-electron chi connectivity index (χ2n) is 7.63. The zero-order chi connectivity index (χ0) is 21.9. The van der Waals surface area contributed by atoms with E-state index in [0.717, 1.165) is 16.9 Å². The molecule has 0 saturated carbocycles. The summed E-state index contributed by atoms with van der Waals surface area (Å²) in [6.07, 6.45) is 1.16. The molecule has 1 aromatic heterocycles. The van der Waals surface area contributed by atoms with Crippen LogP contribution in [0.2, 0.25) is 0 Å². The molecule has 2 amide bonds. The van der Waals surface area contributed by atoms with E-state index in [1.807, 2.05) is 13.8 Å². The van der Waals surface area contributed by atoms with Gasteiger partial charge in [0.1, 0.15) is 10.3 Å². The summed E-state index contributed by atoms with van der Waals surface area (Å²) in [6, 6.07) is 9.75. The average Bonchev–Trinajstić information content (AvgIpc) is 3.44. The topological polar surface area (TPSA) is 86.8 Å². The summed E-state index contributed by atoms with van der Waals surface area (Å²) in [5.41, 5.74) is 1.43. The van der Waals surface area contributed by atoms with Crippen molar-refractivity contribution in [3.8, 4) is 0 Å². The Bertz CT molecular complexity index is 986. The fourth-order valence-electron chi connectivity index (χ4n) is 3.33. The third-order valence-corrected chi connectivity index (χ3v) is 8.61. The molecular weight excluding hydrogens is 422 g/mol. The molecule has 3 rings (SSSR count). The van der Waals surface area contributed by atoms with Gasteiger partial charge < -0.3 is 10.2 Å². The van der Waals surface area contributed by atoms with Gasteiger partial charge in [-0.2, -0.15) is 4.31 Å². The van der Waals surface area contributed by atoms with Gasteiger partial charge in [0.25, 0.3) is 15.9 Å². The predicted octanol–water partition coefficient (Wildman–Crippen LogP) is 2.70. The van der Waals surface area contributed by atoms with Crippen LogP contribution in [-0.2, 0) is 21.4 Å². The van der Waals surface area contributed by atoms with Crippen LogP contribution in [-0.4, -0.2) is 55.1 Å². The van der Waals surface area contributed by atoms with Crippen molar-refractivity contribution < 1.29 is 18.0 Å². The van der Waals surface area contributed by atoms with E-state index in [0.29, 0.717) is 24.9 Å². The second-order valence-corrected chi connectivity index (χ2v) is 10.7. The Morgan fingerprint density at radius 3 is 2.53 bits per heavy atom. The molecular formula is C21H27N3O4S2. The highest BCUT2D eigenvalue weighted by molar-refractivity contribution is 7.91. The molecule has 1 N–H and O–H groups in total. The van der Waals surface area contributed by atoms with Gasteiger partial charge >= 0.3 is 0 Å². The number of carbonyl (C=O) groups is 2. The van der Waals surface area contributed by atoms with Crippen molar-refractivity contribution in [3.63, 3.8) is 0 Å². The zero-order valence-electron chi connectivity index (χ0n) is 17.4. The summed E-state index contributed by atoms with van der Waals surface area (Å²) in [7, 11) is -1.89. The van der Waals surface area contributed by atoms with Gasteiger partial charge in [-0.3, -0.25) is 9.59 Å². The fourth-order valence-corrected chi connectivity index (χ4v) is 6.10. The minimum absolute atomic E-state index is 0.0547. The molecule has 1 atom stereocenters. The maximum Gasteiger partial charge on any atom is 0.253 e. The first-order valence-corrected chi connectivity index (χ1v) is 12.2. The van der Waals surface area contributed by atoms with E-state index in [-0.39, 0.29) is 28.6 Å². The van der Waals surface area contributed by atoms with Crippen molar-refractivity contribution >= 4 is 33.2 Å². The number of hydrogen-bond donors (Lipinski definition) is 1. The summed E-state index contributed by atoms with van der Waals surface area (Å²) >= 11 is 1.16. The lowest BCUT2D eigenvalue weighted by atomic mass is 10.1. The number of carbonyl (C=O) groups excluding carboxylic acids is 2. The Morgan fingerprint density at radius 2 is 1.93 bits per heavy atom. The van der Waals surface area contributed by atoms with E-state index in [2.05, 4.69) is 5.32 Å². The van der Waals surface area contributed by atoms with Crippen molar-refractivity contribution in [2.24, 2.45) is 0 Å². The van der Waals surface area contributed by atoms with Crippen LogP contribution < -0.4 is 5.32 Å². The van der Waals surface area contributed by atoms with E-state index in [1.165, 1.54) is 4.31 Å². The number of amides is 2. The van der Waals surface area contributed by atoms with Gasteiger partial charge in [0.05, 0.1) is 0 Å². The Hall–Kier alpha value is -2.23. The molecule has 1 aliphatic rings. The summed E-state index contributed by atoms with van der Waals surface area (Å²) in [4.78, 5) is 26.7. The van der Waals surface area contributed by atoms with E-state index in [9.17, 15) is 18.0 Å². The highest BCUT2D eigenvalue weighted by Crippen LogP contribution is 2.28. The number of rotatable bonds is 7. The fraction of sp³-hybridized carbons (Fsp3) is 0.429. The van der Waals surface area contributed by atoms with Crippen LogP contribution in [0.3, 0.4) is 0 Å². The first-order chi connectivity index (χ1) is 14.2. The highest BCUT2D eigenvalue weighted by Gasteiger charge is 2.39. The zero-order valence-corrected chi connectivity index (χ0v) is 19.0. The normalized spacial score (nSPS) is 17.3. The smallest absolute Gasteiger partial charge is 0.253 e. The number of sulfonamides is 1. The lowest BCUT2D eigenvalue weighted by Crippen LogP contribution is -2.45. The van der Waals surface area contributed by atoms with Crippen molar-refractivity contribution in [2.45, 2.75) is 49.5 Å². The number of benzene rings is 1. The van der Waals surface area contributed by atoms with Gasteiger partial charge in [-0.15, -0.1) is 11.3 Å². The van der Waals surface area contributed by atoms with Gasteiger partial charge in [0, 0.05) is 31.7 Å². The summed E-state index contributed by atoms with van der Waals surface area (Å²) in [6.45, 7) is 4.52. The third-order valence-electron chi connectivity index (χ3n) is 5.33. The molecule has 2 aromatic rings. The molecule has 0 spiro atoms. The van der Waals surface area contributed by atoms with Gasteiger partial charge in [-0.25, -0.2) is 8.42 Å². The lowest BCUT2D eigenvalue weighted by Gasteiger charge is -2.23. The average molecular weight is 450 g/mol. The number of thiophene rings is 1. The van der Waals surface area contributed by atoms with Gasteiger partial charge in [0.15, 0.2) is 0 Å². The molecule has 1 aliphatic heterocycles. The maximum atomic E-state index is 12.8. The van der Waals surface area contributed by atoms with E-state index < -0.39 is 16.1 Å². The molecule has 1 fully saturated rings. The van der Waals surface area contributed by atoms with E-state index >= 15 is 0 Å². The third kappa shape index (κ3) is 4.74. The van der Waals surface area contributed by atoms with Crippen LogP contribution in [0.5, 0.6) is 0 Å². The monoisotopic (exact) mass is 449 g/mol. The second kappa shape index (κ2) is 9.28. The van der Waals surface area contributed by atoms with Crippen LogP contribution in [0.4, 0.5) is 0 Å². The minimum atomic E-state index is -3.65. The van der Waals surface area contributed by atoms with Gasteiger partial charge in [0.2, 0.25) is 5.91 Å². The first kappa shape index (κ1) is 22.5. The van der Waals surface area contributed by atoms with Crippen LogP contribution in [0.1, 0.15) is 42.6 Å². The molecule has 1 aromatic carbocycles. The molecule has 7 nitrogen and oxygen atoms in total. The molecule has 2 heterocycles. The van der Waals surface area contributed by atoms with E-state index in [1.54, 1.807) is 53.7 Å². The first-order valence-electron chi connectivity index (χ1n) is 9.91. The number of nitrogens with one attached hydrogen (secondary N) is 1. The summed E-state index contributed by atoms with van der Waals surface area (Å²) in [5.74, 6) is -0.353. The number of nitrogens with zero attached hydrogens (tertiary/aromatic N) is 2. The van der Waals surface area contributed by atoms with Crippen LogP contribution in [0, 0.1) is 0 Å². The standard InChI is InChI=1S/C21H27N3O4S2/c1-15(2)23(3)21(26)17-10-8-16(9-11-17)14-22-20(25)18-6-4-12-24(18)30(27,28)19-7-5-13-29-19/h5,7-11,13,15,18H,4,6,12,14H2,1-3H3,(H,22,25)/t18-/m1/s1. The van der Waals surface area contributed by atoms with Crippen molar-refractivity contribution in [2.75, 3.05) is 13.6 Å².